The maximum absolute atomic E-state index is 14.4. The molecular weight excluding hydrogens is 287 g/mol. The van der Waals surface area contributed by atoms with Crippen LogP contribution in [0.25, 0.3) is 0 Å². The van der Waals surface area contributed by atoms with Gasteiger partial charge in [0.1, 0.15) is 12.0 Å². The van der Waals surface area contributed by atoms with Crippen molar-refractivity contribution in [2.24, 2.45) is 11.8 Å². The number of fused-ring (bicyclic) bond motifs is 1. The first-order valence-electron chi connectivity index (χ1n) is 6.42. The van der Waals surface area contributed by atoms with Crippen molar-refractivity contribution in [2.75, 3.05) is 18.4 Å². The van der Waals surface area contributed by atoms with E-state index in [9.17, 15) is 9.18 Å². The van der Waals surface area contributed by atoms with Gasteiger partial charge >= 0.3 is 6.09 Å². The minimum Gasteiger partial charge on any atom is -0.465 e. The van der Waals surface area contributed by atoms with Gasteiger partial charge in [-0.3, -0.25) is 0 Å². The van der Waals surface area contributed by atoms with Crippen LogP contribution in [-0.2, 0) is 0 Å². The van der Waals surface area contributed by atoms with Crippen molar-refractivity contribution in [3.8, 4) is 0 Å². The monoisotopic (exact) mass is 300 g/mol. The summed E-state index contributed by atoms with van der Waals surface area (Å²) in [6.45, 7) is 0.677. The van der Waals surface area contributed by atoms with Crippen LogP contribution in [0.1, 0.15) is 6.42 Å². The summed E-state index contributed by atoms with van der Waals surface area (Å²) in [6.07, 6.45) is -1.46. The average molecular weight is 301 g/mol. The molecule has 2 fully saturated rings. The van der Waals surface area contributed by atoms with Gasteiger partial charge in [0.2, 0.25) is 0 Å². The van der Waals surface area contributed by atoms with Crippen molar-refractivity contribution >= 4 is 23.5 Å². The Morgan fingerprint density at radius 1 is 1.45 bits per heavy atom. The van der Waals surface area contributed by atoms with E-state index in [2.05, 4.69) is 15.5 Å². The molecule has 20 heavy (non-hydrogen) atoms. The van der Waals surface area contributed by atoms with Crippen molar-refractivity contribution in [1.29, 1.82) is 0 Å². The maximum atomic E-state index is 14.4. The second-order valence-corrected chi connectivity index (χ2v) is 5.67. The molecule has 0 unspecified atom stereocenters. The van der Waals surface area contributed by atoms with Gasteiger partial charge in [-0.2, -0.15) is 0 Å². The normalized spacial score (nSPS) is 32.2. The summed E-state index contributed by atoms with van der Waals surface area (Å²) < 4.78 is 14.4. The van der Waals surface area contributed by atoms with E-state index in [0.29, 0.717) is 18.8 Å². The summed E-state index contributed by atoms with van der Waals surface area (Å²) in [5.74, 6) is 0.319. The Labute approximate surface area is 119 Å². The van der Waals surface area contributed by atoms with Gasteiger partial charge in [-0.15, -0.1) is 10.2 Å². The van der Waals surface area contributed by atoms with E-state index < -0.39 is 12.3 Å². The van der Waals surface area contributed by atoms with E-state index in [-0.39, 0.29) is 29.6 Å². The zero-order valence-corrected chi connectivity index (χ0v) is 11.3. The first-order chi connectivity index (χ1) is 9.54. The van der Waals surface area contributed by atoms with Gasteiger partial charge in [-0.1, -0.05) is 11.6 Å². The van der Waals surface area contributed by atoms with E-state index in [1.165, 1.54) is 4.90 Å². The van der Waals surface area contributed by atoms with Gasteiger partial charge in [0.25, 0.3) is 0 Å². The Kier molecular flexibility index (Phi) is 3.37. The number of hydrogen-bond donors (Lipinski definition) is 2. The molecule has 3 rings (SSSR count). The van der Waals surface area contributed by atoms with Crippen LogP contribution < -0.4 is 5.32 Å². The number of halogens is 2. The topological polar surface area (TPSA) is 78.4 Å². The van der Waals surface area contributed by atoms with Gasteiger partial charge in [0.05, 0.1) is 6.04 Å². The first-order valence-corrected chi connectivity index (χ1v) is 6.80. The Morgan fingerprint density at radius 3 is 2.85 bits per heavy atom. The number of likely N-dealkylation sites (tertiary alicyclic amines) is 1. The molecule has 0 bridgehead atoms. The first kappa shape index (κ1) is 13.4. The second-order valence-electron chi connectivity index (χ2n) is 5.28. The van der Waals surface area contributed by atoms with Crippen molar-refractivity contribution in [3.63, 3.8) is 0 Å². The fourth-order valence-corrected chi connectivity index (χ4v) is 3.24. The van der Waals surface area contributed by atoms with Gasteiger partial charge in [0, 0.05) is 19.0 Å². The number of carbonyl (C=O) groups is 1. The minimum absolute atomic E-state index is 0.0684. The van der Waals surface area contributed by atoms with Crippen LogP contribution in [0.15, 0.2) is 12.1 Å². The number of nitrogens with zero attached hydrogens (tertiary/aromatic N) is 3. The van der Waals surface area contributed by atoms with Crippen LogP contribution in [0.2, 0.25) is 5.15 Å². The summed E-state index contributed by atoms with van der Waals surface area (Å²) in [6, 6.07) is 2.89. The Morgan fingerprint density at radius 2 is 2.25 bits per heavy atom. The van der Waals surface area contributed by atoms with E-state index in [4.69, 9.17) is 16.7 Å². The molecule has 1 aliphatic heterocycles. The van der Waals surface area contributed by atoms with E-state index in [0.717, 1.165) is 0 Å². The van der Waals surface area contributed by atoms with Crippen LogP contribution in [0.4, 0.5) is 15.0 Å². The number of rotatable bonds is 2. The molecular formula is C12H14ClFN4O2. The summed E-state index contributed by atoms with van der Waals surface area (Å²) in [7, 11) is 0. The van der Waals surface area contributed by atoms with Crippen LogP contribution in [0, 0.1) is 11.8 Å². The summed E-state index contributed by atoms with van der Waals surface area (Å²) in [4.78, 5) is 12.2. The molecule has 1 aliphatic carbocycles. The van der Waals surface area contributed by atoms with Crippen LogP contribution in [0.3, 0.4) is 0 Å². The highest BCUT2D eigenvalue weighted by atomic mass is 35.5. The van der Waals surface area contributed by atoms with Gasteiger partial charge in [-0.05, 0) is 24.5 Å². The molecule has 6 nitrogen and oxygen atoms in total. The van der Waals surface area contributed by atoms with Gasteiger partial charge < -0.3 is 15.3 Å². The lowest BCUT2D eigenvalue weighted by atomic mass is 10.0. The third-order valence-electron chi connectivity index (χ3n) is 4.08. The van der Waals surface area contributed by atoms with Crippen LogP contribution >= 0.6 is 11.6 Å². The maximum Gasteiger partial charge on any atom is 0.407 e. The molecule has 1 aromatic heterocycles. The summed E-state index contributed by atoms with van der Waals surface area (Å²) in [5, 5.41) is 19.8. The highest BCUT2D eigenvalue weighted by molar-refractivity contribution is 6.29. The minimum atomic E-state index is -1.08. The molecule has 1 saturated carbocycles. The van der Waals surface area contributed by atoms with E-state index >= 15 is 0 Å². The number of amides is 1. The SMILES string of the molecule is O=C(O)N1C[C@H]2C[C@H](Nc3ccc(Cl)nn3)[C@H](F)[C@H]2C1. The summed E-state index contributed by atoms with van der Waals surface area (Å²) in [5.41, 5.74) is 0. The predicted molar refractivity (Wildman–Crippen MR) is 70.5 cm³/mol. The number of anilines is 1. The van der Waals surface area contributed by atoms with Crippen LogP contribution in [-0.4, -0.2) is 51.6 Å². The lowest BCUT2D eigenvalue weighted by Gasteiger charge is -2.20. The Hall–Kier alpha value is -1.63. The smallest absolute Gasteiger partial charge is 0.407 e. The largest absolute Gasteiger partial charge is 0.465 e. The molecule has 2 heterocycles. The van der Waals surface area contributed by atoms with Gasteiger partial charge in [0.15, 0.2) is 5.15 Å². The molecule has 1 saturated heterocycles. The average Bonchev–Trinajstić information content (AvgIpc) is 2.94. The molecule has 1 amide bonds. The molecule has 2 N–H and O–H groups in total. The highest BCUT2D eigenvalue weighted by Gasteiger charge is 2.49. The van der Waals surface area contributed by atoms with Crippen molar-refractivity contribution in [3.05, 3.63) is 17.3 Å². The lowest BCUT2D eigenvalue weighted by molar-refractivity contribution is 0.147. The van der Waals surface area contributed by atoms with E-state index in [1.54, 1.807) is 12.1 Å². The Balaban J connectivity index is 1.64. The molecule has 4 atom stereocenters. The van der Waals surface area contributed by atoms with E-state index in [1.807, 2.05) is 0 Å². The molecule has 0 radical (unpaired) electrons. The van der Waals surface area contributed by atoms with Crippen molar-refractivity contribution in [2.45, 2.75) is 18.6 Å². The number of carboxylic acid groups (broad SMARTS) is 1. The molecule has 108 valence electrons. The highest BCUT2D eigenvalue weighted by Crippen LogP contribution is 2.41. The molecule has 0 aromatic carbocycles. The predicted octanol–water partition coefficient (Wildman–Crippen LogP) is 1.88. The van der Waals surface area contributed by atoms with Gasteiger partial charge in [-0.25, -0.2) is 9.18 Å². The zero-order chi connectivity index (χ0) is 14.3. The molecule has 0 spiro atoms. The standard InChI is InChI=1S/C12H14ClFN4O2/c13-9-1-2-10(17-16-9)15-8-3-6-4-18(12(19)20)5-7(6)11(8)14/h1-2,6-8,11H,3-5H2,(H,15,17)(H,19,20)/t6-,7+,8+,11-/m1/s1. The third kappa shape index (κ3) is 2.37. The second kappa shape index (κ2) is 5.05. The quantitative estimate of drug-likeness (QED) is 0.872. The molecule has 1 aromatic rings. The Bertz CT molecular complexity index is 515. The molecule has 8 heteroatoms. The number of hydrogen-bond acceptors (Lipinski definition) is 4. The zero-order valence-electron chi connectivity index (χ0n) is 10.5. The lowest BCUT2D eigenvalue weighted by Crippen LogP contribution is -2.34. The number of nitrogens with one attached hydrogen (secondary N) is 1. The number of aromatic nitrogens is 2. The fourth-order valence-electron chi connectivity index (χ4n) is 3.14. The molecule has 2 aliphatic rings. The van der Waals surface area contributed by atoms with Crippen molar-refractivity contribution < 1.29 is 14.3 Å². The van der Waals surface area contributed by atoms with Crippen molar-refractivity contribution in [1.82, 2.24) is 15.1 Å². The van der Waals surface area contributed by atoms with Crippen LogP contribution in [0.5, 0.6) is 0 Å². The summed E-state index contributed by atoms with van der Waals surface area (Å²) >= 11 is 5.64. The third-order valence-corrected chi connectivity index (χ3v) is 4.28. The number of alkyl halides is 1. The fraction of sp³-hybridized carbons (Fsp3) is 0.583.